The number of carbonyl (C=O) groups is 1. The molecule has 29 heavy (non-hydrogen) atoms. The number of oxazole rings is 1. The van der Waals surface area contributed by atoms with Gasteiger partial charge < -0.3 is 9.15 Å². The highest BCUT2D eigenvalue weighted by atomic mass is 35.5. The van der Waals surface area contributed by atoms with E-state index in [1.807, 2.05) is 55.5 Å². The van der Waals surface area contributed by atoms with Gasteiger partial charge in [0, 0.05) is 5.56 Å². The number of rotatable bonds is 7. The fraction of sp³-hybridized carbons (Fsp3) is 0.227. The minimum atomic E-state index is -0.389. The Balaban J connectivity index is 1.58. The predicted octanol–water partition coefficient (Wildman–Crippen LogP) is 4.96. The van der Waals surface area contributed by atoms with Crippen molar-refractivity contribution >= 4 is 23.7 Å². The van der Waals surface area contributed by atoms with Crippen molar-refractivity contribution in [1.82, 2.24) is 10.4 Å². The number of aryl methyl sites for hydroxylation is 1. The Hall–Kier alpha value is -3.12. The smallest absolute Gasteiger partial charge is 0.277 e. The van der Waals surface area contributed by atoms with Crippen LogP contribution in [0.3, 0.4) is 0 Å². The van der Waals surface area contributed by atoms with Crippen LogP contribution < -0.4 is 10.2 Å². The molecule has 2 aromatic carbocycles. The molecule has 0 fully saturated rings. The van der Waals surface area contributed by atoms with Gasteiger partial charge in [0.2, 0.25) is 11.1 Å². The normalized spacial score (nSPS) is 11.2. The Labute approximate surface area is 174 Å². The largest absolute Gasteiger partial charge is 0.483 e. The Bertz CT molecular complexity index is 1010. The van der Waals surface area contributed by atoms with E-state index in [4.69, 9.17) is 20.8 Å². The SMILES string of the molecule is Cc1ccc(C(C)C)c(OCC(=O)N/N=C/c2nc(-c3ccccc3)oc2Cl)c1. The van der Waals surface area contributed by atoms with Crippen LogP contribution in [0.15, 0.2) is 58.0 Å². The van der Waals surface area contributed by atoms with E-state index < -0.39 is 0 Å². The summed E-state index contributed by atoms with van der Waals surface area (Å²) in [6, 6.07) is 15.3. The van der Waals surface area contributed by atoms with Gasteiger partial charge in [-0.1, -0.05) is 44.2 Å². The number of ether oxygens (including phenoxy) is 1. The van der Waals surface area contributed by atoms with Gasteiger partial charge in [-0.05, 0) is 53.8 Å². The van der Waals surface area contributed by atoms with E-state index in [9.17, 15) is 4.79 Å². The van der Waals surface area contributed by atoms with Gasteiger partial charge in [-0.2, -0.15) is 5.10 Å². The van der Waals surface area contributed by atoms with Gasteiger partial charge >= 0.3 is 0 Å². The van der Waals surface area contributed by atoms with Gasteiger partial charge in [-0.15, -0.1) is 0 Å². The number of hydrazone groups is 1. The average molecular weight is 412 g/mol. The van der Waals surface area contributed by atoms with Crippen LogP contribution in [0.1, 0.15) is 36.6 Å². The molecule has 0 spiro atoms. The minimum absolute atomic E-state index is 0.0967. The number of hydrogen-bond donors (Lipinski definition) is 1. The standard InChI is InChI=1S/C22H22ClN3O3/c1-14(2)17-10-9-15(3)11-19(17)28-13-20(27)26-24-12-18-21(23)29-22(25-18)16-7-5-4-6-8-16/h4-12,14H,13H2,1-3H3,(H,26,27)/b24-12+. The van der Waals surface area contributed by atoms with Gasteiger partial charge in [0.15, 0.2) is 6.61 Å². The third kappa shape index (κ3) is 5.45. The van der Waals surface area contributed by atoms with Crippen molar-refractivity contribution in [2.45, 2.75) is 26.7 Å². The number of aromatic nitrogens is 1. The first kappa shape index (κ1) is 20.6. The topological polar surface area (TPSA) is 76.7 Å². The van der Waals surface area contributed by atoms with E-state index in [0.717, 1.165) is 16.7 Å². The first-order chi connectivity index (χ1) is 13.9. The van der Waals surface area contributed by atoms with Crippen LogP contribution in [0.2, 0.25) is 5.22 Å². The molecular weight excluding hydrogens is 390 g/mol. The summed E-state index contributed by atoms with van der Waals surface area (Å²) in [6.45, 7) is 5.98. The number of nitrogens with zero attached hydrogens (tertiary/aromatic N) is 2. The molecule has 0 atom stereocenters. The molecular formula is C22H22ClN3O3. The van der Waals surface area contributed by atoms with Crippen molar-refractivity contribution in [1.29, 1.82) is 0 Å². The summed E-state index contributed by atoms with van der Waals surface area (Å²) >= 11 is 6.06. The molecule has 3 aromatic rings. The first-order valence-corrected chi connectivity index (χ1v) is 9.59. The van der Waals surface area contributed by atoms with Crippen LogP contribution in [0.25, 0.3) is 11.5 Å². The molecule has 1 heterocycles. The van der Waals surface area contributed by atoms with Crippen LogP contribution in [-0.4, -0.2) is 23.7 Å². The zero-order valence-electron chi connectivity index (χ0n) is 16.5. The Morgan fingerprint density at radius 2 is 2.03 bits per heavy atom. The van der Waals surface area contributed by atoms with Crippen molar-refractivity contribution in [2.75, 3.05) is 6.61 Å². The maximum atomic E-state index is 12.1. The lowest BCUT2D eigenvalue weighted by atomic mass is 10.0. The quantitative estimate of drug-likeness (QED) is 0.440. The van der Waals surface area contributed by atoms with Crippen LogP contribution in [-0.2, 0) is 4.79 Å². The maximum absolute atomic E-state index is 12.1. The second kappa shape index (κ2) is 9.39. The van der Waals surface area contributed by atoms with Crippen LogP contribution >= 0.6 is 11.6 Å². The Morgan fingerprint density at radius 3 is 2.76 bits per heavy atom. The molecule has 150 valence electrons. The van der Waals surface area contributed by atoms with Crippen LogP contribution in [0.5, 0.6) is 5.75 Å². The summed E-state index contributed by atoms with van der Waals surface area (Å²) in [6.07, 6.45) is 1.34. The monoisotopic (exact) mass is 411 g/mol. The van der Waals surface area contributed by atoms with E-state index in [2.05, 4.69) is 29.4 Å². The average Bonchev–Trinajstić information content (AvgIpc) is 3.07. The summed E-state index contributed by atoms with van der Waals surface area (Å²) in [4.78, 5) is 16.3. The first-order valence-electron chi connectivity index (χ1n) is 9.21. The second-order valence-electron chi connectivity index (χ2n) is 6.82. The molecule has 0 saturated carbocycles. The van der Waals surface area contributed by atoms with E-state index in [0.29, 0.717) is 23.3 Å². The van der Waals surface area contributed by atoms with Crippen LogP contribution in [0, 0.1) is 6.92 Å². The third-order valence-electron chi connectivity index (χ3n) is 4.16. The van der Waals surface area contributed by atoms with Crippen molar-refractivity contribution in [3.05, 3.63) is 70.6 Å². The summed E-state index contributed by atoms with van der Waals surface area (Å²) in [5, 5.41) is 3.98. The highest BCUT2D eigenvalue weighted by Crippen LogP contribution is 2.27. The number of hydrogen-bond acceptors (Lipinski definition) is 5. The number of amides is 1. The van der Waals surface area contributed by atoms with E-state index >= 15 is 0 Å². The molecule has 1 aromatic heterocycles. The number of carbonyl (C=O) groups excluding carboxylic acids is 1. The van der Waals surface area contributed by atoms with Gasteiger partial charge in [-0.3, -0.25) is 4.79 Å². The predicted molar refractivity (Wildman–Crippen MR) is 113 cm³/mol. The van der Waals surface area contributed by atoms with Gasteiger partial charge in [0.05, 0.1) is 6.21 Å². The number of benzene rings is 2. The summed E-state index contributed by atoms with van der Waals surface area (Å²) in [7, 11) is 0. The lowest BCUT2D eigenvalue weighted by Crippen LogP contribution is -2.25. The third-order valence-corrected chi connectivity index (χ3v) is 4.43. The molecule has 0 unspecified atom stereocenters. The Kier molecular flexibility index (Phi) is 6.67. The number of halogens is 1. The molecule has 3 rings (SSSR count). The molecule has 0 aliphatic carbocycles. The number of nitrogens with one attached hydrogen (secondary N) is 1. The van der Waals surface area contributed by atoms with Crippen molar-refractivity contribution < 1.29 is 13.9 Å². The Morgan fingerprint density at radius 1 is 1.28 bits per heavy atom. The summed E-state index contributed by atoms with van der Waals surface area (Å²) < 4.78 is 11.1. The molecule has 0 saturated heterocycles. The summed E-state index contributed by atoms with van der Waals surface area (Å²) in [5.74, 6) is 0.985. The fourth-order valence-corrected chi connectivity index (χ4v) is 2.85. The fourth-order valence-electron chi connectivity index (χ4n) is 2.68. The van der Waals surface area contributed by atoms with Gasteiger partial charge in [0.25, 0.3) is 5.91 Å². The maximum Gasteiger partial charge on any atom is 0.277 e. The van der Waals surface area contributed by atoms with Crippen LogP contribution in [0.4, 0.5) is 0 Å². The summed E-state index contributed by atoms with van der Waals surface area (Å²) in [5.41, 5.74) is 5.65. The zero-order chi connectivity index (χ0) is 20.8. The zero-order valence-corrected chi connectivity index (χ0v) is 17.2. The molecule has 0 aliphatic rings. The lowest BCUT2D eigenvalue weighted by molar-refractivity contribution is -0.123. The van der Waals surface area contributed by atoms with E-state index in [1.54, 1.807) is 0 Å². The molecule has 1 N–H and O–H groups in total. The molecule has 6 nitrogen and oxygen atoms in total. The molecule has 0 radical (unpaired) electrons. The van der Waals surface area contributed by atoms with Crippen molar-refractivity contribution in [3.8, 4) is 17.2 Å². The molecule has 0 aliphatic heterocycles. The lowest BCUT2D eigenvalue weighted by Gasteiger charge is -2.14. The highest BCUT2D eigenvalue weighted by Gasteiger charge is 2.12. The van der Waals surface area contributed by atoms with Gasteiger partial charge in [-0.25, -0.2) is 10.4 Å². The minimum Gasteiger partial charge on any atom is -0.483 e. The molecule has 0 bridgehead atoms. The highest BCUT2D eigenvalue weighted by molar-refractivity contribution is 6.31. The molecule has 1 amide bonds. The van der Waals surface area contributed by atoms with Gasteiger partial charge in [0.1, 0.15) is 11.4 Å². The van der Waals surface area contributed by atoms with Crippen molar-refractivity contribution in [3.63, 3.8) is 0 Å². The van der Waals surface area contributed by atoms with E-state index in [-0.39, 0.29) is 17.7 Å². The molecule has 7 heteroatoms. The second-order valence-corrected chi connectivity index (χ2v) is 7.17. The van der Waals surface area contributed by atoms with Crippen molar-refractivity contribution in [2.24, 2.45) is 5.10 Å². The van der Waals surface area contributed by atoms with E-state index in [1.165, 1.54) is 6.21 Å².